The van der Waals surface area contributed by atoms with Gasteiger partial charge in [0.1, 0.15) is 23.5 Å². The van der Waals surface area contributed by atoms with Gasteiger partial charge >= 0.3 is 6.09 Å². The van der Waals surface area contributed by atoms with Crippen LogP contribution in [0.15, 0.2) is 48.8 Å². The second kappa shape index (κ2) is 9.49. The first kappa shape index (κ1) is 25.3. The number of rotatable bonds is 3. The summed E-state index contributed by atoms with van der Waals surface area (Å²) < 4.78 is 27.0. The molecule has 1 amide bonds. The Kier molecular flexibility index (Phi) is 6.48. The van der Waals surface area contributed by atoms with Crippen LogP contribution in [0.3, 0.4) is 0 Å². The van der Waals surface area contributed by atoms with Crippen molar-refractivity contribution in [1.82, 2.24) is 19.7 Å². The Bertz CT molecular complexity index is 1380. The number of carbonyl (C=O) groups is 1. The summed E-state index contributed by atoms with van der Waals surface area (Å²) in [4.78, 5) is 14.0. The molecule has 1 unspecified atom stereocenters. The number of alkyl halides is 1. The zero-order valence-corrected chi connectivity index (χ0v) is 22.2. The van der Waals surface area contributed by atoms with E-state index >= 15 is 0 Å². The molecule has 1 aromatic heterocycles. The molecule has 0 bridgehead atoms. The third-order valence-corrected chi connectivity index (χ3v) is 7.35. The molecule has 0 saturated carbocycles. The van der Waals surface area contributed by atoms with Crippen molar-refractivity contribution in [2.75, 3.05) is 7.11 Å². The summed E-state index contributed by atoms with van der Waals surface area (Å²) in [6, 6.07) is 10.7. The summed E-state index contributed by atoms with van der Waals surface area (Å²) >= 11 is 7.22. The molecule has 2 aromatic carbocycles. The first-order valence-corrected chi connectivity index (χ1v) is 12.7. The van der Waals surface area contributed by atoms with Gasteiger partial charge in [-0.1, -0.05) is 18.2 Å². The highest BCUT2D eigenvalue weighted by Crippen LogP contribution is 2.46. The standard InChI is InChI=1S/C28H30ClFN4O3/c1-27(2,3)37-26(35)33-15-19-13-20(5-7-23(19)34-17-31-32-25(34)16-33)28(29)11-9-18(10-12-28)22-14-21(30)6-8-24(22)36-4/h5-9,13-14,17H,10-12,15-16H2,1-4H3. The van der Waals surface area contributed by atoms with Gasteiger partial charge in [0.2, 0.25) is 0 Å². The number of hydrogen-bond acceptors (Lipinski definition) is 5. The van der Waals surface area contributed by atoms with Gasteiger partial charge in [-0.3, -0.25) is 9.47 Å². The number of methoxy groups -OCH3 is 1. The smallest absolute Gasteiger partial charge is 0.411 e. The molecule has 1 aliphatic heterocycles. The van der Waals surface area contributed by atoms with E-state index in [1.165, 1.54) is 12.1 Å². The van der Waals surface area contributed by atoms with Crippen molar-refractivity contribution in [2.45, 2.75) is 63.6 Å². The number of carbonyl (C=O) groups excluding carboxylic acids is 1. The minimum Gasteiger partial charge on any atom is -0.496 e. The van der Waals surface area contributed by atoms with Gasteiger partial charge in [0, 0.05) is 5.56 Å². The lowest BCUT2D eigenvalue weighted by Gasteiger charge is -2.32. The highest BCUT2D eigenvalue weighted by Gasteiger charge is 2.34. The van der Waals surface area contributed by atoms with E-state index in [2.05, 4.69) is 22.3 Å². The van der Waals surface area contributed by atoms with E-state index in [9.17, 15) is 9.18 Å². The Labute approximate surface area is 220 Å². The molecule has 1 atom stereocenters. The van der Waals surface area contributed by atoms with Gasteiger partial charge in [0.05, 0.1) is 30.8 Å². The number of nitrogens with zero attached hydrogens (tertiary/aromatic N) is 4. The first-order chi connectivity index (χ1) is 17.6. The molecule has 0 fully saturated rings. The number of hydrogen-bond donors (Lipinski definition) is 0. The third kappa shape index (κ3) is 5.07. The van der Waals surface area contributed by atoms with Gasteiger partial charge in [-0.2, -0.15) is 0 Å². The van der Waals surface area contributed by atoms with E-state index in [1.54, 1.807) is 24.4 Å². The lowest BCUT2D eigenvalue weighted by molar-refractivity contribution is 0.0214. The molecular formula is C28H30ClFN4O3. The Morgan fingerprint density at radius 3 is 2.68 bits per heavy atom. The van der Waals surface area contributed by atoms with Crippen LogP contribution in [0, 0.1) is 5.82 Å². The quantitative estimate of drug-likeness (QED) is 0.372. The molecule has 0 radical (unpaired) electrons. The lowest BCUT2D eigenvalue weighted by Crippen LogP contribution is -2.36. The normalized spacial score (nSPS) is 19.4. The van der Waals surface area contributed by atoms with Crippen LogP contribution in [0.4, 0.5) is 9.18 Å². The molecule has 9 heteroatoms. The highest BCUT2D eigenvalue weighted by molar-refractivity contribution is 6.24. The summed E-state index contributed by atoms with van der Waals surface area (Å²) in [5.74, 6) is 1.01. The number of ether oxygens (including phenoxy) is 2. The van der Waals surface area contributed by atoms with E-state index in [4.69, 9.17) is 21.1 Å². The van der Waals surface area contributed by atoms with Gasteiger partial charge in [0.25, 0.3) is 0 Å². The van der Waals surface area contributed by atoms with Crippen LogP contribution in [-0.2, 0) is 22.7 Å². The zero-order chi connectivity index (χ0) is 26.4. The first-order valence-electron chi connectivity index (χ1n) is 12.3. The molecule has 0 N–H and O–H groups in total. The fourth-order valence-electron chi connectivity index (χ4n) is 4.94. The number of fused-ring (bicyclic) bond motifs is 3. The molecule has 2 aliphatic rings. The fraction of sp³-hybridized carbons (Fsp3) is 0.393. The van der Waals surface area contributed by atoms with E-state index in [0.717, 1.165) is 28.0 Å². The largest absolute Gasteiger partial charge is 0.496 e. The molecule has 37 heavy (non-hydrogen) atoms. The van der Waals surface area contributed by atoms with Crippen LogP contribution < -0.4 is 4.74 Å². The van der Waals surface area contributed by atoms with E-state index in [1.807, 2.05) is 37.5 Å². The van der Waals surface area contributed by atoms with Gasteiger partial charge < -0.3 is 9.47 Å². The van der Waals surface area contributed by atoms with Crippen molar-refractivity contribution in [2.24, 2.45) is 0 Å². The number of allylic oxidation sites excluding steroid dienone is 2. The second-order valence-electron chi connectivity index (χ2n) is 10.5. The average molecular weight is 525 g/mol. The predicted molar refractivity (Wildman–Crippen MR) is 139 cm³/mol. The van der Waals surface area contributed by atoms with E-state index < -0.39 is 16.6 Å². The highest BCUT2D eigenvalue weighted by atomic mass is 35.5. The average Bonchev–Trinajstić information content (AvgIpc) is 3.24. The SMILES string of the molecule is COc1ccc(F)cc1C1=CCC(Cl)(c2ccc3c(c2)CN(C(=O)OC(C)(C)C)Cc2nncn2-3)CC1. The molecular weight excluding hydrogens is 495 g/mol. The molecule has 194 valence electrons. The van der Waals surface area contributed by atoms with Crippen LogP contribution in [0.2, 0.25) is 0 Å². The maximum Gasteiger partial charge on any atom is 0.411 e. The second-order valence-corrected chi connectivity index (χ2v) is 11.3. The number of halogens is 2. The maximum atomic E-state index is 14.0. The van der Waals surface area contributed by atoms with Crippen LogP contribution in [-0.4, -0.2) is 38.5 Å². The zero-order valence-electron chi connectivity index (χ0n) is 21.4. The van der Waals surface area contributed by atoms with E-state index in [-0.39, 0.29) is 12.4 Å². The third-order valence-electron chi connectivity index (χ3n) is 6.79. The van der Waals surface area contributed by atoms with Crippen LogP contribution in [0.25, 0.3) is 11.3 Å². The fourth-order valence-corrected chi connectivity index (χ4v) is 5.23. The van der Waals surface area contributed by atoms with Gasteiger partial charge in [-0.25, -0.2) is 9.18 Å². The predicted octanol–water partition coefficient (Wildman–Crippen LogP) is 6.37. The molecule has 3 aromatic rings. The molecule has 1 aliphatic carbocycles. The summed E-state index contributed by atoms with van der Waals surface area (Å²) in [5.41, 5.74) is 3.98. The van der Waals surface area contributed by atoms with Crippen molar-refractivity contribution < 1.29 is 18.7 Å². The topological polar surface area (TPSA) is 69.5 Å². The minimum absolute atomic E-state index is 0.284. The Morgan fingerprint density at radius 1 is 1.16 bits per heavy atom. The van der Waals surface area contributed by atoms with E-state index in [0.29, 0.717) is 37.4 Å². The van der Waals surface area contributed by atoms with Crippen molar-refractivity contribution in [3.63, 3.8) is 0 Å². The molecule has 2 heterocycles. The molecule has 0 saturated heterocycles. The van der Waals surface area contributed by atoms with Gasteiger partial charge in [0.15, 0.2) is 5.82 Å². The summed E-state index contributed by atoms with van der Waals surface area (Å²) in [5, 5.41) is 8.28. The molecule has 5 rings (SSSR count). The lowest BCUT2D eigenvalue weighted by atomic mass is 9.81. The van der Waals surface area contributed by atoms with Gasteiger partial charge in [-0.15, -0.1) is 21.8 Å². The summed E-state index contributed by atoms with van der Waals surface area (Å²) in [7, 11) is 1.59. The molecule has 7 nitrogen and oxygen atoms in total. The maximum absolute atomic E-state index is 14.0. The van der Waals surface area contributed by atoms with Crippen molar-refractivity contribution in [1.29, 1.82) is 0 Å². The number of amides is 1. The van der Waals surface area contributed by atoms with Crippen LogP contribution in [0.5, 0.6) is 5.75 Å². The monoisotopic (exact) mass is 524 g/mol. The summed E-state index contributed by atoms with van der Waals surface area (Å²) in [6.07, 6.45) is 5.26. The Morgan fingerprint density at radius 2 is 1.97 bits per heavy atom. The van der Waals surface area contributed by atoms with Crippen molar-refractivity contribution >= 4 is 23.3 Å². The van der Waals surface area contributed by atoms with Gasteiger partial charge in [-0.05, 0) is 81.0 Å². The Hall–Kier alpha value is -3.39. The van der Waals surface area contributed by atoms with Crippen molar-refractivity contribution in [3.05, 3.63) is 77.1 Å². The number of aromatic nitrogens is 3. The summed E-state index contributed by atoms with van der Waals surface area (Å²) in [6.45, 7) is 6.18. The molecule has 0 spiro atoms. The minimum atomic E-state index is -0.627. The van der Waals surface area contributed by atoms with Crippen LogP contribution in [0.1, 0.15) is 62.5 Å². The van der Waals surface area contributed by atoms with Crippen molar-refractivity contribution in [3.8, 4) is 11.4 Å². The van der Waals surface area contributed by atoms with Crippen LogP contribution >= 0.6 is 11.6 Å². The number of benzene rings is 2. The Balaban J connectivity index is 1.46.